The molecule has 0 heterocycles. The Balaban J connectivity index is 2.14. The maximum Gasteiger partial charge on any atom is 0.243 e. The Morgan fingerprint density at radius 2 is 1.68 bits per heavy atom. The van der Waals surface area contributed by atoms with Crippen LogP contribution in [0.4, 0.5) is 5.69 Å². The van der Waals surface area contributed by atoms with Gasteiger partial charge in [0.05, 0.1) is 11.4 Å². The molecule has 0 bridgehead atoms. The van der Waals surface area contributed by atoms with Gasteiger partial charge in [-0.05, 0) is 61.7 Å². The minimum absolute atomic E-state index is 0.171. The van der Waals surface area contributed by atoms with Crippen LogP contribution >= 0.6 is 11.6 Å². The molecular formula is C18H21ClN2O3S. The average molecular weight is 381 g/mol. The maximum absolute atomic E-state index is 12.6. The summed E-state index contributed by atoms with van der Waals surface area (Å²) in [6.45, 7) is 5.31. The highest BCUT2D eigenvalue weighted by Gasteiger charge is 2.23. The number of benzene rings is 2. The number of nitrogens with zero attached hydrogens (tertiary/aromatic N) is 1. The molecule has 0 aliphatic heterocycles. The molecule has 2 aromatic rings. The largest absolute Gasteiger partial charge is 0.325 e. The van der Waals surface area contributed by atoms with Crippen LogP contribution in [0.25, 0.3) is 0 Å². The maximum atomic E-state index is 12.6. The smallest absolute Gasteiger partial charge is 0.243 e. The van der Waals surface area contributed by atoms with Crippen LogP contribution in [-0.4, -0.2) is 32.2 Å². The molecular weight excluding hydrogens is 360 g/mol. The summed E-state index contributed by atoms with van der Waals surface area (Å²) >= 11 is 5.93. The molecule has 2 rings (SSSR count). The van der Waals surface area contributed by atoms with Crippen molar-refractivity contribution in [1.82, 2.24) is 4.31 Å². The zero-order valence-electron chi connectivity index (χ0n) is 14.6. The van der Waals surface area contributed by atoms with Gasteiger partial charge in [0.25, 0.3) is 0 Å². The lowest BCUT2D eigenvalue weighted by Crippen LogP contribution is -2.35. The van der Waals surface area contributed by atoms with Crippen molar-refractivity contribution < 1.29 is 13.2 Å². The van der Waals surface area contributed by atoms with Gasteiger partial charge in [0.2, 0.25) is 15.9 Å². The summed E-state index contributed by atoms with van der Waals surface area (Å²) in [4.78, 5) is 12.4. The molecule has 0 aliphatic rings. The fourth-order valence-electron chi connectivity index (χ4n) is 2.26. The summed E-state index contributed by atoms with van der Waals surface area (Å²) in [5.74, 6) is -0.430. The van der Waals surface area contributed by atoms with E-state index >= 15 is 0 Å². The Hall–Kier alpha value is -1.89. The van der Waals surface area contributed by atoms with Crippen molar-refractivity contribution >= 4 is 33.2 Å². The van der Waals surface area contributed by atoms with E-state index in [1.807, 2.05) is 20.8 Å². The standard InChI is InChI=1S/C18H21ClN2O3S/c1-12-6-8-16(9-14(12)3)25(23,24)21(4)11-18(22)20-17-10-15(19)7-5-13(17)2/h5-10H,11H2,1-4H3,(H,20,22). The Bertz CT molecular complexity index is 911. The average Bonchev–Trinajstić information content (AvgIpc) is 2.53. The highest BCUT2D eigenvalue weighted by molar-refractivity contribution is 7.89. The van der Waals surface area contributed by atoms with Gasteiger partial charge in [0, 0.05) is 17.8 Å². The fraction of sp³-hybridized carbons (Fsp3) is 0.278. The molecule has 1 amide bonds. The first-order valence-electron chi connectivity index (χ1n) is 7.71. The third-order valence-corrected chi connectivity index (χ3v) is 6.06. The second kappa shape index (κ2) is 7.56. The van der Waals surface area contributed by atoms with Crippen LogP contribution in [0.2, 0.25) is 5.02 Å². The van der Waals surface area contributed by atoms with Crippen LogP contribution in [0.15, 0.2) is 41.3 Å². The van der Waals surface area contributed by atoms with Crippen LogP contribution in [-0.2, 0) is 14.8 Å². The number of halogens is 1. The van der Waals surface area contributed by atoms with Crippen LogP contribution in [0.1, 0.15) is 16.7 Å². The number of sulfonamides is 1. The third-order valence-electron chi connectivity index (χ3n) is 4.03. The second-order valence-corrected chi connectivity index (χ2v) is 8.50. The minimum atomic E-state index is -3.74. The van der Waals surface area contributed by atoms with Gasteiger partial charge in [-0.3, -0.25) is 4.79 Å². The summed E-state index contributed by atoms with van der Waals surface area (Å²) in [6.07, 6.45) is 0. The van der Waals surface area contributed by atoms with Crippen LogP contribution in [0.3, 0.4) is 0 Å². The number of aryl methyl sites for hydroxylation is 3. The number of nitrogens with one attached hydrogen (secondary N) is 1. The van der Waals surface area contributed by atoms with Crippen molar-refractivity contribution in [2.45, 2.75) is 25.7 Å². The molecule has 1 N–H and O–H groups in total. The Morgan fingerprint density at radius 1 is 1.04 bits per heavy atom. The molecule has 0 radical (unpaired) electrons. The van der Waals surface area contributed by atoms with Gasteiger partial charge in [0.15, 0.2) is 0 Å². The number of carbonyl (C=O) groups is 1. The van der Waals surface area contributed by atoms with Crippen molar-refractivity contribution in [2.24, 2.45) is 0 Å². The first kappa shape index (κ1) is 19.4. The molecule has 0 unspecified atom stereocenters. The zero-order valence-corrected chi connectivity index (χ0v) is 16.2. The minimum Gasteiger partial charge on any atom is -0.325 e. The third kappa shape index (κ3) is 4.60. The SMILES string of the molecule is Cc1ccc(S(=O)(=O)N(C)CC(=O)Nc2cc(Cl)ccc2C)cc1C. The summed E-state index contributed by atoms with van der Waals surface area (Å²) < 4.78 is 26.3. The molecule has 0 aromatic heterocycles. The van der Waals surface area contributed by atoms with Crippen molar-refractivity contribution in [3.8, 4) is 0 Å². The summed E-state index contributed by atoms with van der Waals surface area (Å²) in [5.41, 5.74) is 3.30. The van der Waals surface area contributed by atoms with Gasteiger partial charge >= 0.3 is 0 Å². The highest BCUT2D eigenvalue weighted by atomic mass is 35.5. The lowest BCUT2D eigenvalue weighted by atomic mass is 10.1. The Kier molecular flexibility index (Phi) is 5.87. The van der Waals surface area contributed by atoms with Crippen LogP contribution in [0.5, 0.6) is 0 Å². The zero-order chi connectivity index (χ0) is 18.8. The van der Waals surface area contributed by atoms with E-state index in [4.69, 9.17) is 11.6 Å². The number of anilines is 1. The van der Waals surface area contributed by atoms with Gasteiger partial charge in [-0.1, -0.05) is 23.7 Å². The van der Waals surface area contributed by atoms with E-state index in [9.17, 15) is 13.2 Å². The van der Waals surface area contributed by atoms with E-state index in [1.165, 1.54) is 7.05 Å². The number of carbonyl (C=O) groups excluding carboxylic acids is 1. The predicted octanol–water partition coefficient (Wildman–Crippen LogP) is 3.52. The molecule has 0 fully saturated rings. The molecule has 134 valence electrons. The van der Waals surface area contributed by atoms with Gasteiger partial charge in [0.1, 0.15) is 0 Å². The summed E-state index contributed by atoms with van der Waals surface area (Å²) in [6, 6.07) is 10.1. The quantitative estimate of drug-likeness (QED) is 0.862. The van der Waals surface area contributed by atoms with Crippen molar-refractivity contribution in [3.05, 3.63) is 58.1 Å². The van der Waals surface area contributed by atoms with Crippen LogP contribution in [0, 0.1) is 20.8 Å². The lowest BCUT2D eigenvalue weighted by molar-refractivity contribution is -0.116. The number of rotatable bonds is 5. The first-order valence-corrected chi connectivity index (χ1v) is 9.52. The van der Waals surface area contributed by atoms with Gasteiger partial charge in [-0.15, -0.1) is 0 Å². The first-order chi connectivity index (χ1) is 11.6. The van der Waals surface area contributed by atoms with Crippen molar-refractivity contribution in [2.75, 3.05) is 18.9 Å². The van der Waals surface area contributed by atoms with E-state index in [0.29, 0.717) is 10.7 Å². The number of hydrogen-bond donors (Lipinski definition) is 1. The topological polar surface area (TPSA) is 66.5 Å². The molecule has 0 saturated carbocycles. The number of amides is 1. The van der Waals surface area contributed by atoms with Gasteiger partial charge < -0.3 is 5.32 Å². The van der Waals surface area contributed by atoms with E-state index < -0.39 is 15.9 Å². The monoisotopic (exact) mass is 380 g/mol. The van der Waals surface area contributed by atoms with E-state index in [0.717, 1.165) is 21.0 Å². The van der Waals surface area contributed by atoms with Crippen LogP contribution < -0.4 is 5.32 Å². The van der Waals surface area contributed by atoms with Crippen molar-refractivity contribution in [1.29, 1.82) is 0 Å². The molecule has 0 atom stereocenters. The van der Waals surface area contributed by atoms with Crippen molar-refractivity contribution in [3.63, 3.8) is 0 Å². The predicted molar refractivity (Wildman–Crippen MR) is 101 cm³/mol. The summed E-state index contributed by atoms with van der Waals surface area (Å²) in [7, 11) is -2.35. The number of hydrogen-bond acceptors (Lipinski definition) is 3. The molecule has 5 nitrogen and oxygen atoms in total. The van der Waals surface area contributed by atoms with Gasteiger partial charge in [-0.2, -0.15) is 4.31 Å². The van der Waals surface area contributed by atoms with E-state index in [-0.39, 0.29) is 11.4 Å². The molecule has 25 heavy (non-hydrogen) atoms. The molecule has 2 aromatic carbocycles. The molecule has 0 spiro atoms. The van der Waals surface area contributed by atoms with Gasteiger partial charge in [-0.25, -0.2) is 8.42 Å². The normalized spacial score (nSPS) is 11.6. The Labute approximate surface area is 153 Å². The van der Waals surface area contributed by atoms with E-state index in [1.54, 1.807) is 36.4 Å². The van der Waals surface area contributed by atoms with E-state index in [2.05, 4.69) is 5.32 Å². The molecule has 7 heteroatoms. The molecule has 0 aliphatic carbocycles. The summed E-state index contributed by atoms with van der Waals surface area (Å²) in [5, 5.41) is 3.19. The number of likely N-dealkylation sites (N-methyl/N-ethyl adjacent to an activating group) is 1. The second-order valence-electron chi connectivity index (χ2n) is 6.01. The lowest BCUT2D eigenvalue weighted by Gasteiger charge is -2.18. The highest BCUT2D eigenvalue weighted by Crippen LogP contribution is 2.21. The molecule has 0 saturated heterocycles. The Morgan fingerprint density at radius 3 is 2.32 bits per heavy atom. The fourth-order valence-corrected chi connectivity index (χ4v) is 3.65.